The molecule has 4 nitrogen and oxygen atoms in total. The summed E-state index contributed by atoms with van der Waals surface area (Å²) in [6.45, 7) is 0.805. The third-order valence-electron chi connectivity index (χ3n) is 4.81. The summed E-state index contributed by atoms with van der Waals surface area (Å²) >= 11 is 0. The summed E-state index contributed by atoms with van der Waals surface area (Å²) in [6, 6.07) is 0. The molecular weight excluding hydrogens is 208 g/mol. The third-order valence-corrected chi connectivity index (χ3v) is 4.81. The molecule has 4 heterocycles. The van der Waals surface area contributed by atoms with Crippen LogP contribution >= 0.6 is 0 Å². The Labute approximate surface area is 95.1 Å². The fraction of sp³-hybridized carbons (Fsp3) is 1.00. The lowest BCUT2D eigenvalue weighted by atomic mass is 9.65. The standard InChI is InChI=1S/C12H18O4/c1-2-8-4-5-10-14-11-12(8,16-15-10)9(3-1)6-7-13-11/h8-11H,1-7H2. The SMILES string of the molecule is C1CC2CCOC3OC4CCC(C1)C23OO4. The van der Waals surface area contributed by atoms with Crippen molar-refractivity contribution < 1.29 is 19.2 Å². The summed E-state index contributed by atoms with van der Waals surface area (Å²) in [7, 11) is 0. The summed E-state index contributed by atoms with van der Waals surface area (Å²) in [5.41, 5.74) is -0.288. The van der Waals surface area contributed by atoms with Gasteiger partial charge in [0.05, 0.1) is 6.61 Å². The number of rotatable bonds is 0. The summed E-state index contributed by atoms with van der Waals surface area (Å²) < 4.78 is 11.7. The quantitative estimate of drug-likeness (QED) is 0.592. The molecule has 16 heavy (non-hydrogen) atoms. The van der Waals surface area contributed by atoms with Crippen LogP contribution in [-0.2, 0) is 19.2 Å². The molecule has 2 bridgehead atoms. The Morgan fingerprint density at radius 3 is 2.75 bits per heavy atom. The molecule has 0 N–H and O–H groups in total. The van der Waals surface area contributed by atoms with Crippen LogP contribution in [0.15, 0.2) is 0 Å². The molecule has 5 unspecified atom stereocenters. The minimum absolute atomic E-state index is 0.183. The predicted molar refractivity (Wildman–Crippen MR) is 54.2 cm³/mol. The van der Waals surface area contributed by atoms with E-state index in [0.717, 1.165) is 25.9 Å². The van der Waals surface area contributed by atoms with E-state index in [1.54, 1.807) is 0 Å². The molecule has 5 fully saturated rings. The normalized spacial score (nSPS) is 55.5. The first-order valence-electron chi connectivity index (χ1n) is 6.51. The van der Waals surface area contributed by atoms with Crippen molar-refractivity contribution in [3.8, 4) is 0 Å². The number of hydrogen-bond acceptors (Lipinski definition) is 4. The van der Waals surface area contributed by atoms with Gasteiger partial charge in [0, 0.05) is 6.42 Å². The van der Waals surface area contributed by atoms with Crippen LogP contribution in [0.25, 0.3) is 0 Å². The van der Waals surface area contributed by atoms with Crippen molar-refractivity contribution in [3.63, 3.8) is 0 Å². The van der Waals surface area contributed by atoms with Crippen molar-refractivity contribution in [1.29, 1.82) is 0 Å². The molecule has 4 saturated heterocycles. The fourth-order valence-electron chi connectivity index (χ4n) is 4.04. The van der Waals surface area contributed by atoms with Gasteiger partial charge in [-0.25, -0.2) is 9.78 Å². The molecule has 4 heteroatoms. The van der Waals surface area contributed by atoms with Gasteiger partial charge in [0.25, 0.3) is 0 Å². The van der Waals surface area contributed by atoms with Gasteiger partial charge in [-0.15, -0.1) is 0 Å². The average molecular weight is 226 g/mol. The van der Waals surface area contributed by atoms with E-state index in [4.69, 9.17) is 19.2 Å². The summed E-state index contributed by atoms with van der Waals surface area (Å²) in [5.74, 6) is 1.12. The van der Waals surface area contributed by atoms with E-state index in [-0.39, 0.29) is 18.2 Å². The van der Waals surface area contributed by atoms with Crippen LogP contribution in [0.1, 0.15) is 38.5 Å². The van der Waals surface area contributed by atoms with Gasteiger partial charge in [-0.05, 0) is 37.5 Å². The summed E-state index contributed by atoms with van der Waals surface area (Å²) in [6.07, 6.45) is 6.57. The van der Waals surface area contributed by atoms with E-state index >= 15 is 0 Å². The first-order valence-corrected chi connectivity index (χ1v) is 6.51. The van der Waals surface area contributed by atoms with Gasteiger partial charge in [0.1, 0.15) is 0 Å². The zero-order valence-corrected chi connectivity index (χ0v) is 9.39. The van der Waals surface area contributed by atoms with Crippen LogP contribution in [-0.4, -0.2) is 24.8 Å². The molecule has 5 atom stereocenters. The molecular formula is C12H18O4. The molecule has 4 aliphatic heterocycles. The predicted octanol–water partition coefficient (Wildman–Crippen LogP) is 1.99. The van der Waals surface area contributed by atoms with Crippen LogP contribution in [0.3, 0.4) is 0 Å². The lowest BCUT2D eigenvalue weighted by molar-refractivity contribution is -0.533. The smallest absolute Gasteiger partial charge is 0.194 e. The second kappa shape index (κ2) is 3.42. The zero-order chi connectivity index (χ0) is 10.6. The molecule has 90 valence electrons. The Hall–Kier alpha value is -0.160. The summed E-state index contributed by atoms with van der Waals surface area (Å²) in [4.78, 5) is 11.2. The Morgan fingerprint density at radius 1 is 0.938 bits per heavy atom. The molecule has 5 aliphatic rings. The largest absolute Gasteiger partial charge is 0.349 e. The number of ether oxygens (including phenoxy) is 2. The second-order valence-corrected chi connectivity index (χ2v) is 5.49. The van der Waals surface area contributed by atoms with Crippen LogP contribution in [0.5, 0.6) is 0 Å². The zero-order valence-electron chi connectivity index (χ0n) is 9.39. The molecule has 0 amide bonds. The average Bonchev–Trinajstić information content (AvgIpc) is 2.60. The second-order valence-electron chi connectivity index (χ2n) is 5.49. The molecule has 0 aromatic heterocycles. The Kier molecular flexibility index (Phi) is 2.10. The minimum atomic E-state index is -0.288. The van der Waals surface area contributed by atoms with Crippen LogP contribution < -0.4 is 0 Å². The Balaban J connectivity index is 1.78. The van der Waals surface area contributed by atoms with E-state index in [1.165, 1.54) is 19.3 Å². The molecule has 1 aliphatic carbocycles. The third kappa shape index (κ3) is 1.13. The summed E-state index contributed by atoms with van der Waals surface area (Å²) in [5, 5.41) is 0. The first-order chi connectivity index (χ1) is 7.89. The van der Waals surface area contributed by atoms with E-state index in [9.17, 15) is 0 Å². The highest BCUT2D eigenvalue weighted by atomic mass is 17.2. The van der Waals surface area contributed by atoms with Crippen LogP contribution in [0.2, 0.25) is 0 Å². The number of hydrogen-bond donors (Lipinski definition) is 0. The van der Waals surface area contributed by atoms with Gasteiger partial charge < -0.3 is 9.47 Å². The van der Waals surface area contributed by atoms with Crippen molar-refractivity contribution in [2.75, 3.05) is 6.61 Å². The van der Waals surface area contributed by atoms with Crippen molar-refractivity contribution in [2.45, 2.75) is 56.7 Å². The Bertz CT molecular complexity index is 281. The first kappa shape index (κ1) is 9.83. The van der Waals surface area contributed by atoms with Crippen LogP contribution in [0, 0.1) is 11.8 Å². The lowest BCUT2D eigenvalue weighted by Crippen LogP contribution is -2.64. The van der Waals surface area contributed by atoms with Gasteiger partial charge in [-0.1, -0.05) is 6.42 Å². The van der Waals surface area contributed by atoms with Gasteiger partial charge >= 0.3 is 0 Å². The van der Waals surface area contributed by atoms with E-state index in [1.807, 2.05) is 0 Å². The van der Waals surface area contributed by atoms with Crippen molar-refractivity contribution in [3.05, 3.63) is 0 Å². The van der Waals surface area contributed by atoms with Gasteiger partial charge in [0.15, 0.2) is 18.2 Å². The molecule has 0 aromatic carbocycles. The maximum atomic E-state index is 5.87. The molecule has 1 saturated carbocycles. The molecule has 0 aromatic rings. The van der Waals surface area contributed by atoms with E-state index < -0.39 is 0 Å². The molecule has 1 spiro atoms. The highest BCUT2D eigenvalue weighted by molar-refractivity contribution is 5.03. The van der Waals surface area contributed by atoms with Gasteiger partial charge in [-0.3, -0.25) is 0 Å². The highest BCUT2D eigenvalue weighted by Gasteiger charge is 2.62. The van der Waals surface area contributed by atoms with E-state index in [0.29, 0.717) is 11.8 Å². The van der Waals surface area contributed by atoms with Crippen LogP contribution in [0.4, 0.5) is 0 Å². The van der Waals surface area contributed by atoms with Crippen molar-refractivity contribution in [1.82, 2.24) is 0 Å². The number of fused-ring (bicyclic) bond motifs is 2. The van der Waals surface area contributed by atoms with Gasteiger partial charge in [-0.2, -0.15) is 0 Å². The topological polar surface area (TPSA) is 36.9 Å². The lowest BCUT2D eigenvalue weighted by Gasteiger charge is -2.54. The van der Waals surface area contributed by atoms with Gasteiger partial charge in [0.2, 0.25) is 0 Å². The highest BCUT2D eigenvalue weighted by Crippen LogP contribution is 2.54. The molecule has 5 rings (SSSR count). The fourth-order valence-corrected chi connectivity index (χ4v) is 4.04. The Morgan fingerprint density at radius 2 is 1.81 bits per heavy atom. The van der Waals surface area contributed by atoms with Crippen molar-refractivity contribution in [2.24, 2.45) is 11.8 Å². The molecule has 0 radical (unpaired) electrons. The maximum Gasteiger partial charge on any atom is 0.194 e. The monoisotopic (exact) mass is 226 g/mol. The van der Waals surface area contributed by atoms with E-state index in [2.05, 4.69) is 0 Å². The maximum absolute atomic E-state index is 5.87. The minimum Gasteiger partial charge on any atom is -0.349 e. The van der Waals surface area contributed by atoms with Crippen molar-refractivity contribution >= 4 is 0 Å².